The Morgan fingerprint density at radius 3 is 2.47 bits per heavy atom. The minimum absolute atomic E-state index is 0.199. The van der Waals surface area contributed by atoms with Gasteiger partial charge in [0, 0.05) is 26.0 Å². The zero-order valence-electron chi connectivity index (χ0n) is 11.1. The number of hydrogen-bond donors (Lipinski definition) is 0. The molecule has 19 heavy (non-hydrogen) atoms. The number of nitrogens with zero attached hydrogens (tertiary/aromatic N) is 2. The molecule has 2 rings (SSSR count). The molecular formula is C13H16N2O3S. The first-order chi connectivity index (χ1) is 9.02. The van der Waals surface area contributed by atoms with E-state index in [9.17, 15) is 9.00 Å². The van der Waals surface area contributed by atoms with E-state index in [1.54, 1.807) is 56.6 Å². The number of carbonyl (C=O) groups excluding carboxylic acids is 1. The van der Waals surface area contributed by atoms with Gasteiger partial charge in [0.15, 0.2) is 0 Å². The molecule has 1 unspecified atom stereocenters. The third-order valence-electron chi connectivity index (χ3n) is 2.71. The summed E-state index contributed by atoms with van der Waals surface area (Å²) >= 11 is 0. The second-order valence-electron chi connectivity index (χ2n) is 4.36. The van der Waals surface area contributed by atoms with Gasteiger partial charge in [0.05, 0.1) is 17.9 Å². The molecule has 1 aliphatic heterocycles. The number of ether oxygens (including phenoxy) is 1. The topological polar surface area (TPSA) is 49.9 Å². The fourth-order valence-corrected chi connectivity index (χ4v) is 3.05. The van der Waals surface area contributed by atoms with Crippen LogP contribution in [0.1, 0.15) is 0 Å². The maximum Gasteiger partial charge on any atom is 0.269 e. The SMILES string of the molecule is COc1ccc(N2CS(=O)/C(=C/N(C)C)C2=O)cc1. The van der Waals surface area contributed by atoms with Crippen LogP contribution in [-0.4, -0.2) is 42.1 Å². The predicted octanol–water partition coefficient (Wildman–Crippen LogP) is 1.15. The van der Waals surface area contributed by atoms with Crippen LogP contribution in [0.2, 0.25) is 0 Å². The normalized spacial score (nSPS) is 21.0. The molecule has 0 aliphatic carbocycles. The van der Waals surface area contributed by atoms with Crippen LogP contribution in [0.25, 0.3) is 0 Å². The second kappa shape index (κ2) is 5.44. The van der Waals surface area contributed by atoms with E-state index in [1.165, 1.54) is 4.90 Å². The Labute approximate surface area is 114 Å². The maximum atomic E-state index is 12.2. The molecule has 1 heterocycles. The Balaban J connectivity index is 2.27. The van der Waals surface area contributed by atoms with Gasteiger partial charge in [-0.05, 0) is 24.3 Å². The summed E-state index contributed by atoms with van der Waals surface area (Å²) in [5.74, 6) is 0.711. The van der Waals surface area contributed by atoms with Crippen molar-refractivity contribution < 1.29 is 13.7 Å². The number of carbonyl (C=O) groups is 1. The molecule has 1 aromatic carbocycles. The van der Waals surface area contributed by atoms with Crippen LogP contribution in [-0.2, 0) is 15.6 Å². The van der Waals surface area contributed by atoms with Crippen LogP contribution < -0.4 is 9.64 Å². The van der Waals surface area contributed by atoms with E-state index in [1.807, 2.05) is 0 Å². The molecule has 1 fully saturated rings. The van der Waals surface area contributed by atoms with Gasteiger partial charge in [-0.2, -0.15) is 0 Å². The molecule has 1 atom stereocenters. The lowest BCUT2D eigenvalue weighted by Crippen LogP contribution is -2.24. The van der Waals surface area contributed by atoms with Gasteiger partial charge in [-0.25, -0.2) is 0 Å². The van der Waals surface area contributed by atoms with Gasteiger partial charge in [0.2, 0.25) is 0 Å². The summed E-state index contributed by atoms with van der Waals surface area (Å²) in [6, 6.07) is 7.12. The van der Waals surface area contributed by atoms with Crippen LogP contribution in [0, 0.1) is 0 Å². The highest BCUT2D eigenvalue weighted by Gasteiger charge is 2.33. The fourth-order valence-electron chi connectivity index (χ4n) is 1.78. The molecule has 6 heteroatoms. The van der Waals surface area contributed by atoms with Crippen molar-refractivity contribution in [3.05, 3.63) is 35.4 Å². The number of hydrogen-bond acceptors (Lipinski definition) is 4. The second-order valence-corrected chi connectivity index (χ2v) is 5.75. The van der Waals surface area contributed by atoms with Crippen molar-refractivity contribution in [1.82, 2.24) is 4.90 Å². The maximum absolute atomic E-state index is 12.2. The highest BCUT2D eigenvalue weighted by molar-refractivity contribution is 7.90. The van der Waals surface area contributed by atoms with Gasteiger partial charge in [-0.1, -0.05) is 0 Å². The number of rotatable bonds is 3. The molecular weight excluding hydrogens is 264 g/mol. The van der Waals surface area contributed by atoms with Crippen molar-refractivity contribution in [1.29, 1.82) is 0 Å². The number of benzene rings is 1. The number of methoxy groups -OCH3 is 1. The molecule has 102 valence electrons. The highest BCUT2D eigenvalue weighted by Crippen LogP contribution is 2.26. The minimum atomic E-state index is -1.28. The van der Waals surface area contributed by atoms with Gasteiger partial charge in [0.25, 0.3) is 5.91 Å². The Morgan fingerprint density at radius 2 is 1.95 bits per heavy atom. The van der Waals surface area contributed by atoms with Crippen LogP contribution in [0.15, 0.2) is 35.4 Å². The number of anilines is 1. The van der Waals surface area contributed by atoms with Crippen LogP contribution in [0.4, 0.5) is 5.69 Å². The summed E-state index contributed by atoms with van der Waals surface area (Å²) in [6.07, 6.45) is 1.61. The first-order valence-corrected chi connectivity index (χ1v) is 7.07. The smallest absolute Gasteiger partial charge is 0.269 e. The predicted molar refractivity (Wildman–Crippen MR) is 75.3 cm³/mol. The third kappa shape index (κ3) is 2.78. The van der Waals surface area contributed by atoms with Crippen molar-refractivity contribution in [2.75, 3.05) is 32.0 Å². The first kappa shape index (κ1) is 13.6. The van der Waals surface area contributed by atoms with Gasteiger partial charge >= 0.3 is 0 Å². The average molecular weight is 280 g/mol. The minimum Gasteiger partial charge on any atom is -0.497 e. The van der Waals surface area contributed by atoms with Crippen molar-refractivity contribution in [3.63, 3.8) is 0 Å². The van der Waals surface area contributed by atoms with Crippen LogP contribution >= 0.6 is 0 Å². The van der Waals surface area contributed by atoms with Crippen molar-refractivity contribution in [2.45, 2.75) is 0 Å². The first-order valence-electron chi connectivity index (χ1n) is 5.75. The summed E-state index contributed by atoms with van der Waals surface area (Å²) in [5.41, 5.74) is 0.723. The molecule has 1 amide bonds. The molecule has 0 N–H and O–H groups in total. The Kier molecular flexibility index (Phi) is 3.90. The zero-order chi connectivity index (χ0) is 14.0. The van der Waals surface area contributed by atoms with Crippen LogP contribution in [0.3, 0.4) is 0 Å². The van der Waals surface area contributed by atoms with Gasteiger partial charge in [-0.3, -0.25) is 13.9 Å². The van der Waals surface area contributed by atoms with E-state index >= 15 is 0 Å². The molecule has 0 aromatic heterocycles. The lowest BCUT2D eigenvalue weighted by Gasteiger charge is -2.14. The zero-order valence-corrected chi connectivity index (χ0v) is 11.9. The quantitative estimate of drug-likeness (QED) is 0.779. The molecule has 0 radical (unpaired) electrons. The molecule has 1 saturated heterocycles. The standard InChI is InChI=1S/C13H16N2O3S/c1-14(2)8-12-13(16)15(9-19(12)17)10-4-6-11(18-3)7-5-10/h4-8H,9H2,1-3H3/b12-8+. The molecule has 0 spiro atoms. The van der Waals surface area contributed by atoms with E-state index in [0.29, 0.717) is 4.91 Å². The molecule has 1 aliphatic rings. The lowest BCUT2D eigenvalue weighted by molar-refractivity contribution is -0.114. The fraction of sp³-hybridized carbons (Fsp3) is 0.308. The molecule has 0 bridgehead atoms. The van der Waals surface area contributed by atoms with Crippen molar-refractivity contribution in [3.8, 4) is 5.75 Å². The van der Waals surface area contributed by atoms with E-state index < -0.39 is 10.8 Å². The van der Waals surface area contributed by atoms with E-state index in [4.69, 9.17) is 4.74 Å². The monoisotopic (exact) mass is 280 g/mol. The highest BCUT2D eigenvalue weighted by atomic mass is 32.2. The Bertz CT molecular complexity index is 537. The van der Waals surface area contributed by atoms with Gasteiger partial charge < -0.3 is 9.64 Å². The van der Waals surface area contributed by atoms with E-state index in [2.05, 4.69) is 0 Å². The van der Waals surface area contributed by atoms with Gasteiger partial charge in [-0.15, -0.1) is 0 Å². The summed E-state index contributed by atoms with van der Waals surface area (Å²) in [6.45, 7) is 0. The molecule has 0 saturated carbocycles. The van der Waals surface area contributed by atoms with Crippen LogP contribution in [0.5, 0.6) is 5.75 Å². The van der Waals surface area contributed by atoms with Gasteiger partial charge in [0.1, 0.15) is 16.5 Å². The Hall–Kier alpha value is -1.82. The third-order valence-corrected chi connectivity index (χ3v) is 3.97. The summed E-state index contributed by atoms with van der Waals surface area (Å²) in [5, 5.41) is 0. The summed E-state index contributed by atoms with van der Waals surface area (Å²) in [4.78, 5) is 15.8. The molecule has 1 aromatic rings. The lowest BCUT2D eigenvalue weighted by atomic mass is 10.3. The summed E-state index contributed by atoms with van der Waals surface area (Å²) in [7, 11) is 3.90. The van der Waals surface area contributed by atoms with Crippen molar-refractivity contribution >= 4 is 22.4 Å². The summed E-state index contributed by atoms with van der Waals surface area (Å²) < 4.78 is 17.0. The Morgan fingerprint density at radius 1 is 1.32 bits per heavy atom. The largest absolute Gasteiger partial charge is 0.497 e. The average Bonchev–Trinajstić information content (AvgIpc) is 2.66. The molecule has 5 nitrogen and oxygen atoms in total. The van der Waals surface area contributed by atoms with E-state index in [-0.39, 0.29) is 11.8 Å². The number of amides is 1. The van der Waals surface area contributed by atoms with Crippen molar-refractivity contribution in [2.24, 2.45) is 0 Å². The van der Waals surface area contributed by atoms with E-state index in [0.717, 1.165) is 11.4 Å².